The Kier molecular flexibility index (Phi) is 4.10. The predicted octanol–water partition coefficient (Wildman–Crippen LogP) is 3.38. The number of halogens is 3. The maximum atomic E-state index is 12.5. The highest BCUT2D eigenvalue weighted by Crippen LogP contribution is 2.30. The zero-order valence-electron chi connectivity index (χ0n) is 10.9. The summed E-state index contributed by atoms with van der Waals surface area (Å²) in [4.78, 5) is -0.303. The lowest BCUT2D eigenvalue weighted by Gasteiger charge is -2.10. The standard InChI is InChI=1S/C14H9F3N2O2S/c15-14(16,17)11-4-6-13(7-5-11)22(20,21)19-12-3-1-2-10(8-12)9-18/h1-8,19H. The van der Waals surface area contributed by atoms with Crippen LogP contribution in [-0.4, -0.2) is 8.42 Å². The average molecular weight is 326 g/mol. The molecule has 2 aromatic rings. The van der Waals surface area contributed by atoms with Crippen molar-refractivity contribution >= 4 is 15.7 Å². The molecule has 0 bridgehead atoms. The Morgan fingerprint density at radius 1 is 1.05 bits per heavy atom. The summed E-state index contributed by atoms with van der Waals surface area (Å²) in [6.07, 6.45) is -4.53. The van der Waals surface area contributed by atoms with Crippen LogP contribution in [0.2, 0.25) is 0 Å². The lowest BCUT2D eigenvalue weighted by Crippen LogP contribution is -2.13. The molecule has 0 amide bonds. The molecule has 4 nitrogen and oxygen atoms in total. The molecule has 1 N–H and O–H groups in total. The van der Waals surface area contributed by atoms with Gasteiger partial charge in [-0.3, -0.25) is 4.72 Å². The van der Waals surface area contributed by atoms with Crippen molar-refractivity contribution in [1.82, 2.24) is 0 Å². The number of benzene rings is 2. The third kappa shape index (κ3) is 3.56. The van der Waals surface area contributed by atoms with Gasteiger partial charge in [0.1, 0.15) is 0 Å². The van der Waals surface area contributed by atoms with Crippen molar-refractivity contribution in [3.63, 3.8) is 0 Å². The zero-order chi connectivity index (χ0) is 16.4. The smallest absolute Gasteiger partial charge is 0.280 e. The maximum absolute atomic E-state index is 12.5. The predicted molar refractivity (Wildman–Crippen MR) is 73.4 cm³/mol. The van der Waals surface area contributed by atoms with Gasteiger partial charge in [0.15, 0.2) is 0 Å². The number of nitriles is 1. The molecule has 22 heavy (non-hydrogen) atoms. The van der Waals surface area contributed by atoms with Gasteiger partial charge in [0, 0.05) is 0 Å². The average Bonchev–Trinajstić information content (AvgIpc) is 2.46. The molecule has 114 valence electrons. The fourth-order valence-electron chi connectivity index (χ4n) is 1.69. The van der Waals surface area contributed by atoms with Gasteiger partial charge in [-0.25, -0.2) is 8.42 Å². The SMILES string of the molecule is N#Cc1cccc(NS(=O)(=O)c2ccc(C(F)(F)F)cc2)c1. The van der Waals surface area contributed by atoms with Crippen LogP contribution in [0.15, 0.2) is 53.4 Å². The topological polar surface area (TPSA) is 70.0 Å². The molecule has 0 atom stereocenters. The second kappa shape index (κ2) is 5.69. The Bertz CT molecular complexity index is 822. The molecule has 0 spiro atoms. The summed E-state index contributed by atoms with van der Waals surface area (Å²) < 4.78 is 63.7. The summed E-state index contributed by atoms with van der Waals surface area (Å²) in [6.45, 7) is 0. The van der Waals surface area contributed by atoms with Gasteiger partial charge in [-0.15, -0.1) is 0 Å². The number of nitrogens with zero attached hydrogens (tertiary/aromatic N) is 1. The van der Waals surface area contributed by atoms with Crippen LogP contribution in [0.1, 0.15) is 11.1 Å². The number of hydrogen-bond acceptors (Lipinski definition) is 3. The molecular weight excluding hydrogens is 317 g/mol. The van der Waals surface area contributed by atoms with E-state index in [1.807, 2.05) is 6.07 Å². The monoisotopic (exact) mass is 326 g/mol. The number of hydrogen-bond donors (Lipinski definition) is 1. The van der Waals surface area contributed by atoms with Crippen LogP contribution in [0.4, 0.5) is 18.9 Å². The summed E-state index contributed by atoms with van der Waals surface area (Å²) >= 11 is 0. The Labute approximate surface area is 124 Å². The second-order valence-electron chi connectivity index (χ2n) is 4.32. The van der Waals surface area contributed by atoms with Crippen molar-refractivity contribution < 1.29 is 21.6 Å². The van der Waals surface area contributed by atoms with Gasteiger partial charge in [0.05, 0.1) is 27.8 Å². The van der Waals surface area contributed by atoms with Crippen molar-refractivity contribution in [2.75, 3.05) is 4.72 Å². The van der Waals surface area contributed by atoms with Gasteiger partial charge in [0.2, 0.25) is 0 Å². The van der Waals surface area contributed by atoms with Crippen LogP contribution >= 0.6 is 0 Å². The Balaban J connectivity index is 2.29. The molecule has 0 aromatic heterocycles. The van der Waals surface area contributed by atoms with E-state index in [1.54, 1.807) is 0 Å². The molecule has 0 aliphatic heterocycles. The molecule has 0 unspecified atom stereocenters. The lowest BCUT2D eigenvalue weighted by atomic mass is 10.2. The number of anilines is 1. The van der Waals surface area contributed by atoms with E-state index >= 15 is 0 Å². The Morgan fingerprint density at radius 3 is 2.23 bits per heavy atom. The first-order valence-corrected chi connectivity index (χ1v) is 7.41. The van der Waals surface area contributed by atoms with E-state index in [-0.39, 0.29) is 16.1 Å². The molecule has 0 fully saturated rings. The fraction of sp³-hybridized carbons (Fsp3) is 0.0714. The van der Waals surface area contributed by atoms with Crippen LogP contribution in [0.5, 0.6) is 0 Å². The first kappa shape index (κ1) is 15.9. The number of alkyl halides is 3. The maximum Gasteiger partial charge on any atom is 0.416 e. The molecule has 0 saturated carbocycles. The zero-order valence-corrected chi connectivity index (χ0v) is 11.7. The summed E-state index contributed by atoms with van der Waals surface area (Å²) in [7, 11) is -4.03. The molecular formula is C14H9F3N2O2S. The van der Waals surface area contributed by atoms with Gasteiger partial charge in [-0.2, -0.15) is 18.4 Å². The number of nitrogens with one attached hydrogen (secondary N) is 1. The highest BCUT2D eigenvalue weighted by atomic mass is 32.2. The minimum atomic E-state index is -4.53. The van der Waals surface area contributed by atoms with E-state index < -0.39 is 21.8 Å². The van der Waals surface area contributed by atoms with Crippen molar-refractivity contribution in [3.8, 4) is 6.07 Å². The van der Waals surface area contributed by atoms with E-state index in [0.717, 1.165) is 12.1 Å². The third-order valence-corrected chi connectivity index (χ3v) is 4.13. The fourth-order valence-corrected chi connectivity index (χ4v) is 2.74. The molecule has 0 saturated heterocycles. The molecule has 0 aliphatic carbocycles. The minimum Gasteiger partial charge on any atom is -0.280 e. The molecule has 0 radical (unpaired) electrons. The Morgan fingerprint density at radius 2 is 1.68 bits per heavy atom. The first-order valence-electron chi connectivity index (χ1n) is 5.92. The number of sulfonamides is 1. The van der Waals surface area contributed by atoms with Gasteiger partial charge in [-0.05, 0) is 42.5 Å². The van der Waals surface area contributed by atoms with Crippen LogP contribution in [0.25, 0.3) is 0 Å². The van der Waals surface area contributed by atoms with E-state index in [0.29, 0.717) is 12.1 Å². The Hall–Kier alpha value is -2.53. The van der Waals surface area contributed by atoms with Crippen LogP contribution in [0, 0.1) is 11.3 Å². The normalized spacial score (nSPS) is 11.7. The van der Waals surface area contributed by atoms with E-state index in [4.69, 9.17) is 5.26 Å². The van der Waals surface area contributed by atoms with Gasteiger partial charge >= 0.3 is 6.18 Å². The van der Waals surface area contributed by atoms with Crippen molar-refractivity contribution in [2.24, 2.45) is 0 Å². The van der Waals surface area contributed by atoms with Crippen LogP contribution in [-0.2, 0) is 16.2 Å². The summed E-state index contributed by atoms with van der Waals surface area (Å²) in [5.41, 5.74) is -0.524. The van der Waals surface area contributed by atoms with Crippen LogP contribution < -0.4 is 4.72 Å². The molecule has 8 heteroatoms. The highest BCUT2D eigenvalue weighted by molar-refractivity contribution is 7.92. The van der Waals surface area contributed by atoms with Crippen molar-refractivity contribution in [1.29, 1.82) is 5.26 Å². The second-order valence-corrected chi connectivity index (χ2v) is 6.00. The molecule has 0 heterocycles. The van der Waals surface area contributed by atoms with Gasteiger partial charge < -0.3 is 0 Å². The van der Waals surface area contributed by atoms with Crippen molar-refractivity contribution in [3.05, 3.63) is 59.7 Å². The van der Waals surface area contributed by atoms with Gasteiger partial charge in [0.25, 0.3) is 10.0 Å². The molecule has 0 aliphatic rings. The minimum absolute atomic E-state index is 0.152. The van der Waals surface area contributed by atoms with Crippen LogP contribution in [0.3, 0.4) is 0 Å². The van der Waals surface area contributed by atoms with E-state index in [1.165, 1.54) is 24.3 Å². The molecule has 2 aromatic carbocycles. The summed E-state index contributed by atoms with van der Waals surface area (Å²) in [5.74, 6) is 0. The third-order valence-electron chi connectivity index (χ3n) is 2.74. The lowest BCUT2D eigenvalue weighted by molar-refractivity contribution is -0.137. The summed E-state index contributed by atoms with van der Waals surface area (Å²) in [6, 6.07) is 10.7. The quantitative estimate of drug-likeness (QED) is 0.940. The van der Waals surface area contributed by atoms with E-state index in [9.17, 15) is 21.6 Å². The van der Waals surface area contributed by atoms with Crippen molar-refractivity contribution in [2.45, 2.75) is 11.1 Å². The first-order chi connectivity index (χ1) is 10.2. The van der Waals surface area contributed by atoms with Gasteiger partial charge in [-0.1, -0.05) is 6.07 Å². The molecule has 2 rings (SSSR count). The number of rotatable bonds is 3. The summed E-state index contributed by atoms with van der Waals surface area (Å²) in [5, 5.41) is 8.75. The largest absolute Gasteiger partial charge is 0.416 e. The highest BCUT2D eigenvalue weighted by Gasteiger charge is 2.30. The van der Waals surface area contributed by atoms with E-state index in [2.05, 4.69) is 4.72 Å².